The van der Waals surface area contributed by atoms with Crippen LogP contribution in [0.4, 0.5) is 0 Å². The number of aliphatic hydroxyl groups excluding tert-OH is 1. The Morgan fingerprint density at radius 1 is 0.242 bits per heavy atom. The van der Waals surface area contributed by atoms with Crippen LogP contribution in [0.15, 0.2) is 0 Å². The van der Waals surface area contributed by atoms with Gasteiger partial charge in [0.2, 0.25) is 0 Å². The second-order valence-electron chi connectivity index (χ2n) is 28.8. The van der Waals surface area contributed by atoms with Crippen LogP contribution in [0.1, 0.15) is 432 Å². The lowest BCUT2D eigenvalue weighted by molar-refractivity contribution is -0.161. The molecule has 0 aliphatic rings. The molecule has 17 nitrogen and oxygen atoms in total. The van der Waals surface area contributed by atoms with Crippen molar-refractivity contribution in [3.63, 3.8) is 0 Å². The quantitative estimate of drug-likeness (QED) is 0.0222. The highest BCUT2D eigenvalue weighted by molar-refractivity contribution is 7.47. The monoisotopic (exact) mass is 1450 g/mol. The first kappa shape index (κ1) is 97.1. The van der Waals surface area contributed by atoms with E-state index in [2.05, 4.69) is 27.7 Å². The number of carbonyl (C=O) groups excluding carboxylic acids is 4. The number of carbonyl (C=O) groups is 4. The molecule has 2 unspecified atom stereocenters. The van der Waals surface area contributed by atoms with Crippen molar-refractivity contribution in [1.82, 2.24) is 0 Å². The molecule has 0 heterocycles. The summed E-state index contributed by atoms with van der Waals surface area (Å²) < 4.78 is 68.7. The zero-order valence-corrected chi connectivity index (χ0v) is 66.3. The van der Waals surface area contributed by atoms with Crippen molar-refractivity contribution in [2.45, 2.75) is 451 Å². The molecule has 0 amide bonds. The third-order valence-corrected chi connectivity index (χ3v) is 20.8. The van der Waals surface area contributed by atoms with E-state index in [9.17, 15) is 43.2 Å². The Balaban J connectivity index is 5.22. The summed E-state index contributed by atoms with van der Waals surface area (Å²) in [5.41, 5.74) is 0. The van der Waals surface area contributed by atoms with Gasteiger partial charge in [0.05, 0.1) is 26.4 Å². The molecule has 0 saturated heterocycles. The van der Waals surface area contributed by atoms with Gasteiger partial charge in [-0.25, -0.2) is 9.13 Å². The van der Waals surface area contributed by atoms with Crippen molar-refractivity contribution in [3.05, 3.63) is 0 Å². The van der Waals surface area contributed by atoms with E-state index in [1.165, 1.54) is 263 Å². The summed E-state index contributed by atoms with van der Waals surface area (Å²) in [4.78, 5) is 72.9. The number of rotatable bonds is 81. The number of hydrogen-bond donors (Lipinski definition) is 3. The summed E-state index contributed by atoms with van der Waals surface area (Å²) in [5, 5.41) is 10.6. The number of phosphoric ester groups is 2. The zero-order chi connectivity index (χ0) is 72.5. The molecule has 0 rings (SSSR count). The summed E-state index contributed by atoms with van der Waals surface area (Å²) in [6, 6.07) is 0. The van der Waals surface area contributed by atoms with E-state index in [0.29, 0.717) is 25.7 Å². The largest absolute Gasteiger partial charge is 0.472 e. The van der Waals surface area contributed by atoms with Crippen LogP contribution >= 0.6 is 15.6 Å². The minimum Gasteiger partial charge on any atom is -0.462 e. The second-order valence-corrected chi connectivity index (χ2v) is 31.7. The van der Waals surface area contributed by atoms with Gasteiger partial charge in [-0.05, 0) is 25.7 Å². The molecule has 99 heavy (non-hydrogen) atoms. The maximum Gasteiger partial charge on any atom is 0.472 e. The van der Waals surface area contributed by atoms with Gasteiger partial charge in [-0.2, -0.15) is 0 Å². The fourth-order valence-electron chi connectivity index (χ4n) is 12.5. The predicted octanol–water partition coefficient (Wildman–Crippen LogP) is 24.2. The van der Waals surface area contributed by atoms with E-state index in [0.717, 1.165) is 89.9 Å². The third-order valence-electron chi connectivity index (χ3n) is 18.9. The van der Waals surface area contributed by atoms with Gasteiger partial charge in [0, 0.05) is 25.7 Å². The molecule has 19 heteroatoms. The number of hydrogen-bond acceptors (Lipinski definition) is 15. The number of ether oxygens (including phenoxy) is 4. The predicted molar refractivity (Wildman–Crippen MR) is 405 cm³/mol. The summed E-state index contributed by atoms with van der Waals surface area (Å²) in [6.07, 6.45) is 66.5. The van der Waals surface area contributed by atoms with Crippen molar-refractivity contribution in [3.8, 4) is 0 Å². The van der Waals surface area contributed by atoms with Crippen LogP contribution in [-0.2, 0) is 65.4 Å². The van der Waals surface area contributed by atoms with Gasteiger partial charge in [0.15, 0.2) is 12.2 Å². The lowest BCUT2D eigenvalue weighted by Crippen LogP contribution is -2.30. The van der Waals surface area contributed by atoms with E-state index in [4.69, 9.17) is 37.0 Å². The highest BCUT2D eigenvalue weighted by Crippen LogP contribution is 2.45. The average molecular weight is 1450 g/mol. The summed E-state index contributed by atoms with van der Waals surface area (Å²) in [7, 11) is -9.91. The molecular formula is C80H156O17P2. The fourth-order valence-corrected chi connectivity index (χ4v) is 14.0. The topological polar surface area (TPSA) is 237 Å². The molecular weight excluding hydrogens is 1290 g/mol. The van der Waals surface area contributed by atoms with Crippen LogP contribution in [0.3, 0.4) is 0 Å². The smallest absolute Gasteiger partial charge is 0.462 e. The lowest BCUT2D eigenvalue weighted by Gasteiger charge is -2.21. The van der Waals surface area contributed by atoms with E-state index < -0.39 is 97.5 Å². The van der Waals surface area contributed by atoms with Crippen molar-refractivity contribution < 1.29 is 80.2 Å². The molecule has 3 N–H and O–H groups in total. The van der Waals surface area contributed by atoms with Gasteiger partial charge >= 0.3 is 39.5 Å². The Morgan fingerprint density at radius 2 is 0.404 bits per heavy atom. The molecule has 0 aromatic carbocycles. The van der Waals surface area contributed by atoms with E-state index in [1.807, 2.05) is 0 Å². The van der Waals surface area contributed by atoms with E-state index in [1.54, 1.807) is 0 Å². The standard InChI is InChI=1S/C80H156O17P2/c1-5-9-13-17-21-25-28-31-34-36-38-41-44-47-51-55-59-63-67-80(85)97-76(71-91-78(83)65-61-57-53-49-45-42-40-37-35-32-29-26-22-18-14-10-6-2)73-95-99(88,89)93-69-74(81)68-92-98(86,87)94-72-75(70-90-77(82)64-60-56-52-48-24-20-16-12-8-4)96-79(84)66-62-58-54-50-46-43-39-33-30-27-23-19-15-11-7-3/h74-76,81H,5-73H2,1-4H3,(H,86,87)(H,88,89)/t74-,75+,76+/m0/s1. The molecule has 0 radical (unpaired) electrons. The molecule has 588 valence electrons. The third kappa shape index (κ3) is 74.1. The van der Waals surface area contributed by atoms with E-state index in [-0.39, 0.29) is 25.7 Å². The number of aliphatic hydroxyl groups is 1. The molecule has 0 aromatic rings. The SMILES string of the molecule is CCCCCCCCCCCCCCCCCCCCC(=O)O[C@H](COC(=O)CCCCCCCCCCCCCCCCCCC)COP(=O)(O)OC[C@@H](O)COP(=O)(O)OC[C@@H](COC(=O)CCCCCCCCCCC)OC(=O)CCCCCCCCCCCCCCCCC. The second kappa shape index (κ2) is 74.3. The van der Waals surface area contributed by atoms with Crippen LogP contribution < -0.4 is 0 Å². The van der Waals surface area contributed by atoms with Crippen molar-refractivity contribution >= 4 is 39.5 Å². The first-order valence-electron chi connectivity index (χ1n) is 41.8. The van der Waals surface area contributed by atoms with E-state index >= 15 is 0 Å². The Morgan fingerprint density at radius 3 is 0.596 bits per heavy atom. The summed E-state index contributed by atoms with van der Waals surface area (Å²) in [5.74, 6) is -2.11. The van der Waals surface area contributed by atoms with Crippen LogP contribution in [-0.4, -0.2) is 96.7 Å². The molecule has 0 spiro atoms. The number of esters is 4. The first-order chi connectivity index (χ1) is 48.2. The van der Waals surface area contributed by atoms with Gasteiger partial charge in [-0.3, -0.25) is 37.3 Å². The van der Waals surface area contributed by atoms with Gasteiger partial charge < -0.3 is 33.8 Å². The maximum absolute atomic E-state index is 13.1. The highest BCUT2D eigenvalue weighted by Gasteiger charge is 2.30. The van der Waals surface area contributed by atoms with Gasteiger partial charge in [-0.1, -0.05) is 381 Å². The minimum absolute atomic E-state index is 0.109. The van der Waals surface area contributed by atoms with Gasteiger partial charge in [0.1, 0.15) is 19.3 Å². The zero-order valence-electron chi connectivity index (χ0n) is 64.5. The number of unbranched alkanes of at least 4 members (excludes halogenated alkanes) is 55. The van der Waals surface area contributed by atoms with Crippen LogP contribution in [0.2, 0.25) is 0 Å². The highest BCUT2D eigenvalue weighted by atomic mass is 31.2. The Labute approximate surface area is 607 Å². The number of phosphoric acid groups is 2. The molecule has 0 saturated carbocycles. The molecule has 0 aromatic heterocycles. The lowest BCUT2D eigenvalue weighted by atomic mass is 10.0. The summed E-state index contributed by atoms with van der Waals surface area (Å²) >= 11 is 0. The Bertz CT molecular complexity index is 1880. The van der Waals surface area contributed by atoms with Gasteiger partial charge in [-0.15, -0.1) is 0 Å². The Kier molecular flexibility index (Phi) is 72.9. The molecule has 5 atom stereocenters. The van der Waals surface area contributed by atoms with Crippen LogP contribution in [0, 0.1) is 0 Å². The van der Waals surface area contributed by atoms with Crippen molar-refractivity contribution in [2.24, 2.45) is 0 Å². The first-order valence-corrected chi connectivity index (χ1v) is 44.8. The summed E-state index contributed by atoms with van der Waals surface area (Å²) in [6.45, 7) is 5.01. The van der Waals surface area contributed by atoms with Crippen molar-refractivity contribution in [1.29, 1.82) is 0 Å². The maximum atomic E-state index is 13.1. The molecule has 0 fully saturated rings. The minimum atomic E-state index is -4.96. The fraction of sp³-hybridized carbons (Fsp3) is 0.950. The molecule has 0 aliphatic heterocycles. The Hall–Kier alpha value is -1.94. The molecule has 0 aliphatic carbocycles. The normalized spacial score (nSPS) is 13.8. The average Bonchev–Trinajstić information content (AvgIpc) is 0.981. The molecule has 0 bridgehead atoms. The van der Waals surface area contributed by atoms with Gasteiger partial charge in [0.25, 0.3) is 0 Å². The van der Waals surface area contributed by atoms with Crippen LogP contribution in [0.25, 0.3) is 0 Å². The van der Waals surface area contributed by atoms with Crippen LogP contribution in [0.5, 0.6) is 0 Å². The van der Waals surface area contributed by atoms with Crippen molar-refractivity contribution in [2.75, 3.05) is 39.6 Å².